The molecule has 2 aliphatic rings. The molecule has 0 radical (unpaired) electrons. The van der Waals surface area contributed by atoms with Crippen molar-refractivity contribution >= 4 is 44.5 Å². The Morgan fingerprint density at radius 2 is 1.31 bits per heavy atom. The standard InChI is InChI=1S/C30H24N2/c1-5-16-27-23(12-1)24-13-2-6-17-28(24)31(27)21-10-9-11-22(20-21)32-29-18-7-3-14-25(29)26-15-4-8-19-30(26)32/h1-7,9-10,12-18,20,22H,8,11,19H2. The van der Waals surface area contributed by atoms with Crippen molar-refractivity contribution < 1.29 is 0 Å². The predicted octanol–water partition coefficient (Wildman–Crippen LogP) is 7.75. The van der Waals surface area contributed by atoms with E-state index in [1.165, 1.54) is 49.7 Å². The predicted molar refractivity (Wildman–Crippen MR) is 136 cm³/mol. The number of aromatic nitrogens is 2. The van der Waals surface area contributed by atoms with Gasteiger partial charge in [-0.05, 0) is 49.6 Å². The van der Waals surface area contributed by atoms with Crippen LogP contribution in [0.3, 0.4) is 0 Å². The van der Waals surface area contributed by atoms with Crippen molar-refractivity contribution in [3.8, 4) is 0 Å². The van der Waals surface area contributed by atoms with Crippen LogP contribution in [0.5, 0.6) is 0 Å². The number of benzene rings is 3. The molecule has 0 N–H and O–H groups in total. The van der Waals surface area contributed by atoms with E-state index in [4.69, 9.17) is 0 Å². The third-order valence-corrected chi connectivity index (χ3v) is 7.09. The number of fused-ring (bicyclic) bond motifs is 6. The second kappa shape index (κ2) is 6.86. The first kappa shape index (κ1) is 17.9. The Morgan fingerprint density at radius 1 is 0.656 bits per heavy atom. The minimum atomic E-state index is 0.315. The molecule has 0 saturated carbocycles. The molecular weight excluding hydrogens is 388 g/mol. The van der Waals surface area contributed by atoms with Crippen molar-refractivity contribution in [3.63, 3.8) is 0 Å². The van der Waals surface area contributed by atoms with Crippen molar-refractivity contribution in [2.45, 2.75) is 25.3 Å². The highest BCUT2D eigenvalue weighted by molar-refractivity contribution is 6.10. The summed E-state index contributed by atoms with van der Waals surface area (Å²) < 4.78 is 5.04. The van der Waals surface area contributed by atoms with Crippen LogP contribution >= 0.6 is 0 Å². The summed E-state index contributed by atoms with van der Waals surface area (Å²) in [4.78, 5) is 0. The number of para-hydroxylation sites is 3. The third-order valence-electron chi connectivity index (χ3n) is 7.09. The largest absolute Gasteiger partial charge is 0.337 e. The van der Waals surface area contributed by atoms with Crippen LogP contribution in [-0.2, 0) is 6.42 Å². The molecule has 3 aromatic carbocycles. The summed E-state index contributed by atoms with van der Waals surface area (Å²) in [7, 11) is 0. The van der Waals surface area contributed by atoms with Crippen LogP contribution in [0, 0.1) is 0 Å². The average Bonchev–Trinajstić information content (AvgIpc) is 3.37. The van der Waals surface area contributed by atoms with E-state index >= 15 is 0 Å². The van der Waals surface area contributed by atoms with E-state index in [-0.39, 0.29) is 0 Å². The zero-order valence-electron chi connectivity index (χ0n) is 17.9. The molecule has 154 valence electrons. The fraction of sp³-hybridized carbons (Fsp3) is 0.133. The van der Waals surface area contributed by atoms with Crippen molar-refractivity contribution in [2.24, 2.45) is 0 Å². The lowest BCUT2D eigenvalue weighted by Crippen LogP contribution is -2.14. The minimum absolute atomic E-state index is 0.315. The lowest BCUT2D eigenvalue weighted by molar-refractivity contribution is 0.598. The molecule has 0 saturated heterocycles. The molecule has 0 aliphatic heterocycles. The number of nitrogens with zero attached hydrogens (tertiary/aromatic N) is 2. The van der Waals surface area contributed by atoms with Crippen molar-refractivity contribution in [3.05, 3.63) is 108 Å². The Kier molecular flexibility index (Phi) is 3.83. The Morgan fingerprint density at radius 3 is 2.06 bits per heavy atom. The zero-order chi connectivity index (χ0) is 21.1. The van der Waals surface area contributed by atoms with Crippen molar-refractivity contribution in [2.75, 3.05) is 0 Å². The van der Waals surface area contributed by atoms with Crippen LogP contribution in [0.2, 0.25) is 0 Å². The molecule has 0 amide bonds. The van der Waals surface area contributed by atoms with Gasteiger partial charge in [0, 0.05) is 38.6 Å². The molecule has 2 heterocycles. The third kappa shape index (κ3) is 2.47. The molecule has 2 aromatic heterocycles. The van der Waals surface area contributed by atoms with E-state index < -0.39 is 0 Å². The van der Waals surface area contributed by atoms with Crippen LogP contribution in [0.15, 0.2) is 97.1 Å². The Labute approximate surface area is 187 Å². The van der Waals surface area contributed by atoms with E-state index in [9.17, 15) is 0 Å². The van der Waals surface area contributed by atoms with Crippen LogP contribution in [0.4, 0.5) is 0 Å². The van der Waals surface area contributed by atoms with E-state index in [2.05, 4.69) is 112 Å². The number of hydrogen-bond donors (Lipinski definition) is 0. The van der Waals surface area contributed by atoms with Gasteiger partial charge >= 0.3 is 0 Å². The van der Waals surface area contributed by atoms with Crippen LogP contribution in [0.1, 0.15) is 30.1 Å². The van der Waals surface area contributed by atoms with Gasteiger partial charge < -0.3 is 9.13 Å². The first-order valence-electron chi connectivity index (χ1n) is 11.6. The highest BCUT2D eigenvalue weighted by Crippen LogP contribution is 2.39. The van der Waals surface area contributed by atoms with E-state index in [1.54, 1.807) is 0 Å². The summed E-state index contributed by atoms with van der Waals surface area (Å²) in [6, 6.07) is 26.7. The Bertz CT molecular complexity index is 1550. The molecule has 1 unspecified atom stereocenters. The SMILES string of the molecule is C1=Cc2c(n(C3C=C(n4c5ccccc5c5ccccc54)C=CC3)c3ccccc23)CC1. The van der Waals surface area contributed by atoms with Gasteiger partial charge in [0.1, 0.15) is 0 Å². The van der Waals surface area contributed by atoms with Gasteiger partial charge in [-0.1, -0.05) is 72.8 Å². The molecule has 0 bridgehead atoms. The van der Waals surface area contributed by atoms with E-state index in [0.29, 0.717) is 6.04 Å². The summed E-state index contributed by atoms with van der Waals surface area (Å²) in [6.07, 6.45) is 15.0. The van der Waals surface area contributed by atoms with Crippen molar-refractivity contribution in [1.82, 2.24) is 9.13 Å². The quantitative estimate of drug-likeness (QED) is 0.280. The maximum Gasteiger partial charge on any atom is 0.0577 e. The maximum absolute atomic E-state index is 2.60. The Balaban J connectivity index is 1.47. The first-order valence-corrected chi connectivity index (χ1v) is 11.6. The molecule has 1 atom stereocenters. The van der Waals surface area contributed by atoms with Gasteiger partial charge in [-0.15, -0.1) is 0 Å². The highest BCUT2D eigenvalue weighted by Gasteiger charge is 2.23. The fourth-order valence-electron chi connectivity index (χ4n) is 5.76. The molecular formula is C30H24N2. The lowest BCUT2D eigenvalue weighted by atomic mass is 10.0. The summed E-state index contributed by atoms with van der Waals surface area (Å²) in [6.45, 7) is 0. The van der Waals surface area contributed by atoms with E-state index in [1.807, 2.05) is 0 Å². The minimum Gasteiger partial charge on any atom is -0.337 e. The second-order valence-corrected chi connectivity index (χ2v) is 8.86. The van der Waals surface area contributed by atoms with Gasteiger partial charge in [-0.25, -0.2) is 0 Å². The Hall–Kier alpha value is -3.78. The number of hydrogen-bond acceptors (Lipinski definition) is 0. The van der Waals surface area contributed by atoms with Gasteiger partial charge in [-0.3, -0.25) is 0 Å². The van der Waals surface area contributed by atoms with Gasteiger partial charge in [0.15, 0.2) is 0 Å². The van der Waals surface area contributed by atoms with Crippen molar-refractivity contribution in [1.29, 1.82) is 0 Å². The van der Waals surface area contributed by atoms with E-state index in [0.717, 1.165) is 19.3 Å². The van der Waals surface area contributed by atoms with Crippen LogP contribution in [-0.4, -0.2) is 9.13 Å². The van der Waals surface area contributed by atoms with Gasteiger partial charge in [0.05, 0.1) is 17.1 Å². The number of rotatable bonds is 2. The van der Waals surface area contributed by atoms with Crippen LogP contribution in [0.25, 0.3) is 44.5 Å². The molecule has 2 nitrogen and oxygen atoms in total. The van der Waals surface area contributed by atoms with Crippen LogP contribution < -0.4 is 0 Å². The molecule has 2 heteroatoms. The lowest BCUT2D eigenvalue weighted by Gasteiger charge is -2.24. The molecule has 5 aromatic rings. The van der Waals surface area contributed by atoms with Gasteiger partial charge in [0.25, 0.3) is 0 Å². The normalized spacial score (nSPS) is 17.9. The molecule has 7 rings (SSSR count). The second-order valence-electron chi connectivity index (χ2n) is 8.86. The average molecular weight is 413 g/mol. The summed E-state index contributed by atoms with van der Waals surface area (Å²) >= 11 is 0. The maximum atomic E-state index is 2.60. The molecule has 32 heavy (non-hydrogen) atoms. The van der Waals surface area contributed by atoms with Gasteiger partial charge in [-0.2, -0.15) is 0 Å². The topological polar surface area (TPSA) is 9.86 Å². The first-order chi connectivity index (χ1) is 15.9. The monoisotopic (exact) mass is 412 g/mol. The molecule has 0 fully saturated rings. The molecule has 2 aliphatic carbocycles. The summed E-state index contributed by atoms with van der Waals surface area (Å²) in [5, 5.41) is 4.00. The number of allylic oxidation sites excluding steroid dienone is 5. The highest BCUT2D eigenvalue weighted by atomic mass is 15.0. The zero-order valence-corrected chi connectivity index (χ0v) is 17.9. The van der Waals surface area contributed by atoms with Gasteiger partial charge in [0.2, 0.25) is 0 Å². The summed E-state index contributed by atoms with van der Waals surface area (Å²) in [5.41, 5.74) is 8.04. The summed E-state index contributed by atoms with van der Waals surface area (Å²) in [5.74, 6) is 0. The smallest absolute Gasteiger partial charge is 0.0577 e. The fourth-order valence-corrected chi connectivity index (χ4v) is 5.76. The molecule has 0 spiro atoms.